The lowest BCUT2D eigenvalue weighted by Gasteiger charge is -2.25. The number of aliphatic hydroxyl groups excluding tert-OH is 1. The van der Waals surface area contributed by atoms with Gasteiger partial charge in [-0.2, -0.15) is 0 Å². The lowest BCUT2D eigenvalue weighted by atomic mass is 9.89. The lowest BCUT2D eigenvalue weighted by Crippen LogP contribution is -2.29. The lowest BCUT2D eigenvalue weighted by molar-refractivity contribution is -0.132. The standard InChI is InChI=1S/C26H21FN2O3/c27-20-7-9-21(10-8-20)29-23(17-11-13-28-14-12-17)22(25(31)26(29)32)24(30)19-6-5-16-3-1-2-4-18(16)15-19/h5-15,23,30H,1-4H2/b24-22-. The molecular weight excluding hydrogens is 407 g/mol. The summed E-state index contributed by atoms with van der Waals surface area (Å²) in [5.41, 5.74) is 3.95. The number of amides is 1. The fourth-order valence-electron chi connectivity index (χ4n) is 4.60. The van der Waals surface area contributed by atoms with Gasteiger partial charge in [-0.05, 0) is 84.8 Å². The van der Waals surface area contributed by atoms with Gasteiger partial charge in [0.1, 0.15) is 11.6 Å². The zero-order chi connectivity index (χ0) is 22.2. The van der Waals surface area contributed by atoms with Gasteiger partial charge in [-0.3, -0.25) is 19.5 Å². The highest BCUT2D eigenvalue weighted by atomic mass is 19.1. The summed E-state index contributed by atoms with van der Waals surface area (Å²) in [5, 5.41) is 11.3. The SMILES string of the molecule is O=C1C(=O)N(c2ccc(F)cc2)C(c2ccncc2)/C1=C(/O)c1ccc2c(c1)CCCC2. The van der Waals surface area contributed by atoms with Crippen LogP contribution in [0.4, 0.5) is 10.1 Å². The molecule has 2 heterocycles. The van der Waals surface area contributed by atoms with Gasteiger partial charge in [-0.15, -0.1) is 0 Å². The van der Waals surface area contributed by atoms with Crippen LogP contribution >= 0.6 is 0 Å². The Morgan fingerprint density at radius 1 is 0.938 bits per heavy atom. The van der Waals surface area contributed by atoms with Gasteiger partial charge in [0, 0.05) is 23.6 Å². The molecular formula is C26H21FN2O3. The van der Waals surface area contributed by atoms with Crippen LogP contribution in [0.2, 0.25) is 0 Å². The van der Waals surface area contributed by atoms with Crippen LogP contribution in [0.15, 0.2) is 72.6 Å². The summed E-state index contributed by atoms with van der Waals surface area (Å²) >= 11 is 0. The number of hydrogen-bond acceptors (Lipinski definition) is 4. The largest absolute Gasteiger partial charge is 0.507 e. The van der Waals surface area contributed by atoms with Crippen LogP contribution in [0, 0.1) is 5.82 Å². The van der Waals surface area contributed by atoms with E-state index >= 15 is 0 Å². The highest BCUT2D eigenvalue weighted by Gasteiger charge is 2.47. The minimum Gasteiger partial charge on any atom is -0.507 e. The van der Waals surface area contributed by atoms with Crippen LogP contribution in [0.25, 0.3) is 5.76 Å². The van der Waals surface area contributed by atoms with Gasteiger partial charge in [0.2, 0.25) is 0 Å². The average molecular weight is 428 g/mol. The van der Waals surface area contributed by atoms with Crippen molar-refractivity contribution in [3.8, 4) is 0 Å². The Bertz CT molecular complexity index is 1240. The number of rotatable bonds is 3. The van der Waals surface area contributed by atoms with E-state index in [1.54, 1.807) is 30.6 Å². The number of aryl methyl sites for hydroxylation is 2. The molecule has 6 heteroatoms. The number of anilines is 1. The smallest absolute Gasteiger partial charge is 0.300 e. The number of hydrogen-bond donors (Lipinski definition) is 1. The maximum absolute atomic E-state index is 13.5. The maximum Gasteiger partial charge on any atom is 0.300 e. The van der Waals surface area contributed by atoms with Crippen molar-refractivity contribution < 1.29 is 19.1 Å². The van der Waals surface area contributed by atoms with E-state index in [0.29, 0.717) is 16.8 Å². The van der Waals surface area contributed by atoms with Crippen molar-refractivity contribution in [2.75, 3.05) is 4.90 Å². The highest BCUT2D eigenvalue weighted by molar-refractivity contribution is 6.51. The van der Waals surface area contributed by atoms with E-state index in [1.165, 1.54) is 34.7 Å². The minimum absolute atomic E-state index is 0.0151. The molecule has 0 radical (unpaired) electrons. The Morgan fingerprint density at radius 2 is 1.62 bits per heavy atom. The molecule has 160 valence electrons. The molecule has 1 fully saturated rings. The predicted octanol–water partition coefficient (Wildman–Crippen LogP) is 4.73. The van der Waals surface area contributed by atoms with Gasteiger partial charge in [0.15, 0.2) is 0 Å². The van der Waals surface area contributed by atoms with Gasteiger partial charge >= 0.3 is 0 Å². The Hall–Kier alpha value is -3.80. The predicted molar refractivity (Wildman–Crippen MR) is 119 cm³/mol. The minimum atomic E-state index is -0.848. The summed E-state index contributed by atoms with van der Waals surface area (Å²) in [6.45, 7) is 0. The second-order valence-corrected chi connectivity index (χ2v) is 8.12. The van der Waals surface area contributed by atoms with Gasteiger partial charge in [-0.25, -0.2) is 4.39 Å². The first-order valence-corrected chi connectivity index (χ1v) is 10.6. The third kappa shape index (κ3) is 3.38. The molecule has 0 saturated carbocycles. The summed E-state index contributed by atoms with van der Waals surface area (Å²) in [6, 6.07) is 13.6. The second-order valence-electron chi connectivity index (χ2n) is 8.12. The summed E-state index contributed by atoms with van der Waals surface area (Å²) in [7, 11) is 0. The summed E-state index contributed by atoms with van der Waals surface area (Å²) in [6.07, 6.45) is 7.29. The van der Waals surface area contributed by atoms with Crippen LogP contribution in [-0.2, 0) is 22.4 Å². The Morgan fingerprint density at radius 3 is 2.34 bits per heavy atom. The number of halogens is 1. The Labute approximate surface area is 184 Å². The molecule has 1 saturated heterocycles. The normalized spacial score (nSPS) is 19.8. The fraction of sp³-hybridized carbons (Fsp3) is 0.192. The molecule has 1 atom stereocenters. The third-order valence-electron chi connectivity index (χ3n) is 6.19. The highest BCUT2D eigenvalue weighted by Crippen LogP contribution is 2.42. The van der Waals surface area contributed by atoms with Crippen LogP contribution in [0.3, 0.4) is 0 Å². The Balaban J connectivity index is 1.68. The number of nitrogens with zero attached hydrogens (tertiary/aromatic N) is 2. The third-order valence-corrected chi connectivity index (χ3v) is 6.19. The molecule has 1 N–H and O–H groups in total. The molecule has 0 bridgehead atoms. The van der Waals surface area contributed by atoms with Crippen LogP contribution in [0.1, 0.15) is 41.1 Å². The molecule has 3 aromatic rings. The average Bonchev–Trinajstić information content (AvgIpc) is 3.10. The number of pyridine rings is 1. The number of aromatic nitrogens is 1. The van der Waals surface area contributed by atoms with Crippen molar-refractivity contribution in [3.05, 3.63) is 101 Å². The number of carbonyl (C=O) groups is 2. The van der Waals surface area contributed by atoms with Gasteiger partial charge in [0.05, 0.1) is 11.6 Å². The Kier molecular flexibility index (Phi) is 5.05. The van der Waals surface area contributed by atoms with E-state index in [-0.39, 0.29) is 11.3 Å². The number of aliphatic hydroxyl groups is 1. The number of benzene rings is 2. The van der Waals surface area contributed by atoms with E-state index in [0.717, 1.165) is 31.2 Å². The summed E-state index contributed by atoms with van der Waals surface area (Å²) in [4.78, 5) is 31.6. The number of fused-ring (bicyclic) bond motifs is 1. The van der Waals surface area contributed by atoms with Crippen LogP contribution in [0.5, 0.6) is 0 Å². The molecule has 1 aromatic heterocycles. The van der Waals surface area contributed by atoms with Crippen molar-refractivity contribution in [2.45, 2.75) is 31.7 Å². The van der Waals surface area contributed by atoms with Crippen LogP contribution in [-0.4, -0.2) is 21.8 Å². The molecule has 0 spiro atoms. The fourth-order valence-corrected chi connectivity index (χ4v) is 4.60. The molecule has 5 rings (SSSR count). The molecule has 1 aliphatic heterocycles. The first-order chi connectivity index (χ1) is 15.5. The van der Waals surface area contributed by atoms with E-state index < -0.39 is 23.5 Å². The molecule has 1 unspecified atom stereocenters. The van der Waals surface area contributed by atoms with E-state index in [9.17, 15) is 19.1 Å². The zero-order valence-electron chi connectivity index (χ0n) is 17.3. The van der Waals surface area contributed by atoms with Crippen molar-refractivity contribution in [1.29, 1.82) is 0 Å². The van der Waals surface area contributed by atoms with Gasteiger partial charge in [0.25, 0.3) is 11.7 Å². The quantitative estimate of drug-likeness (QED) is 0.372. The summed E-state index contributed by atoms with van der Waals surface area (Å²) in [5.74, 6) is -2.19. The molecule has 1 aliphatic carbocycles. The van der Waals surface area contributed by atoms with Crippen LogP contribution < -0.4 is 4.90 Å². The number of carbonyl (C=O) groups excluding carboxylic acids is 2. The van der Waals surface area contributed by atoms with E-state index in [4.69, 9.17) is 0 Å². The first kappa shape index (κ1) is 20.1. The molecule has 32 heavy (non-hydrogen) atoms. The topological polar surface area (TPSA) is 70.5 Å². The molecule has 2 aromatic carbocycles. The first-order valence-electron chi connectivity index (χ1n) is 10.6. The second kappa shape index (κ2) is 8.04. The zero-order valence-corrected chi connectivity index (χ0v) is 17.3. The monoisotopic (exact) mass is 428 g/mol. The van der Waals surface area contributed by atoms with Gasteiger partial charge < -0.3 is 5.11 Å². The number of ketones is 1. The van der Waals surface area contributed by atoms with Crippen molar-refractivity contribution >= 4 is 23.1 Å². The molecule has 1 amide bonds. The summed E-state index contributed by atoms with van der Waals surface area (Å²) < 4.78 is 13.5. The number of Topliss-reactive ketones (excluding diaryl/α,β-unsaturated/α-hetero) is 1. The van der Waals surface area contributed by atoms with E-state index in [1.807, 2.05) is 12.1 Å². The van der Waals surface area contributed by atoms with Crippen molar-refractivity contribution in [1.82, 2.24) is 4.98 Å². The van der Waals surface area contributed by atoms with E-state index in [2.05, 4.69) is 4.98 Å². The van der Waals surface area contributed by atoms with Gasteiger partial charge in [-0.1, -0.05) is 12.1 Å². The maximum atomic E-state index is 13.5. The molecule has 2 aliphatic rings. The van der Waals surface area contributed by atoms with Crippen molar-refractivity contribution in [2.24, 2.45) is 0 Å². The van der Waals surface area contributed by atoms with Crippen molar-refractivity contribution in [3.63, 3.8) is 0 Å². The molecule has 5 nitrogen and oxygen atoms in total.